The number of rotatable bonds is 3. The van der Waals surface area contributed by atoms with Gasteiger partial charge in [-0.25, -0.2) is 0 Å². The van der Waals surface area contributed by atoms with Gasteiger partial charge in [-0.15, -0.1) is 11.3 Å². The first kappa shape index (κ1) is 17.7. The van der Waals surface area contributed by atoms with Crippen LogP contribution in [0.1, 0.15) is 47.8 Å². The van der Waals surface area contributed by atoms with E-state index in [0.717, 1.165) is 24.1 Å². The summed E-state index contributed by atoms with van der Waals surface area (Å²) in [5.41, 5.74) is -0.290. The molecule has 1 aromatic heterocycles. The molecular weight excluding hydrogens is 372 g/mol. The Hall–Kier alpha value is -2.34. The van der Waals surface area contributed by atoms with E-state index in [9.17, 15) is 9.59 Å². The molecular formula is C22H24N2O3S. The molecule has 5 nitrogen and oxygen atoms in total. The fraction of sp³-hybridized carbons (Fsp3) is 0.455. The molecule has 0 radical (unpaired) electrons. The van der Waals surface area contributed by atoms with Gasteiger partial charge in [-0.1, -0.05) is 25.1 Å². The molecule has 28 heavy (non-hydrogen) atoms. The normalized spacial score (nSPS) is 33.1. The lowest BCUT2D eigenvalue weighted by Gasteiger charge is -2.59. The predicted octanol–water partition coefficient (Wildman–Crippen LogP) is 3.71. The lowest BCUT2D eigenvalue weighted by atomic mass is 9.52. The van der Waals surface area contributed by atoms with Crippen molar-refractivity contribution in [3.63, 3.8) is 0 Å². The van der Waals surface area contributed by atoms with Crippen molar-refractivity contribution in [3.8, 4) is 5.75 Å². The van der Waals surface area contributed by atoms with Gasteiger partial charge in [-0.2, -0.15) is 0 Å². The number of hydrogen-bond acceptors (Lipinski definition) is 4. The number of ether oxygens (including phenoxy) is 1. The number of para-hydroxylation sites is 1. The summed E-state index contributed by atoms with van der Waals surface area (Å²) < 4.78 is 6.41. The summed E-state index contributed by atoms with van der Waals surface area (Å²) in [5.74, 6) is 0.800. The Kier molecular flexibility index (Phi) is 4.02. The Morgan fingerprint density at radius 1 is 1.32 bits per heavy atom. The Labute approximate surface area is 168 Å². The van der Waals surface area contributed by atoms with Gasteiger partial charge in [0.1, 0.15) is 5.75 Å². The first-order valence-electron chi connectivity index (χ1n) is 9.90. The molecule has 3 fully saturated rings. The molecule has 2 amide bonds. The molecule has 1 spiro atoms. The summed E-state index contributed by atoms with van der Waals surface area (Å²) in [4.78, 5) is 26.9. The Morgan fingerprint density at radius 2 is 2.18 bits per heavy atom. The number of benzene rings is 1. The zero-order valence-corrected chi connectivity index (χ0v) is 16.7. The number of carbonyl (C=O) groups is 2. The average Bonchev–Trinajstić information content (AvgIpc) is 3.19. The minimum atomic E-state index is -0.691. The smallest absolute Gasteiger partial charge is 0.258 e. The van der Waals surface area contributed by atoms with Crippen LogP contribution in [0.15, 0.2) is 41.8 Å². The van der Waals surface area contributed by atoms with Crippen LogP contribution in [-0.2, 0) is 11.3 Å². The number of nitrogens with one attached hydrogen (secondary N) is 2. The lowest BCUT2D eigenvalue weighted by molar-refractivity contribution is -0.167. The molecule has 2 N–H and O–H groups in total. The molecule has 4 aliphatic rings. The molecule has 6 heteroatoms. The minimum Gasteiger partial charge on any atom is -0.467 e. The number of amides is 2. The van der Waals surface area contributed by atoms with Crippen molar-refractivity contribution in [3.05, 3.63) is 52.2 Å². The van der Waals surface area contributed by atoms with Crippen molar-refractivity contribution < 1.29 is 14.3 Å². The van der Waals surface area contributed by atoms with Gasteiger partial charge >= 0.3 is 0 Å². The maximum atomic E-state index is 13.0. The maximum Gasteiger partial charge on any atom is 0.258 e. The van der Waals surface area contributed by atoms with Crippen LogP contribution in [0.5, 0.6) is 5.75 Å². The molecule has 1 aliphatic heterocycles. The Bertz CT molecular complexity index is 928. The summed E-state index contributed by atoms with van der Waals surface area (Å²) in [6.07, 6.45) is 3.36. The van der Waals surface area contributed by atoms with Gasteiger partial charge in [0.15, 0.2) is 5.72 Å². The van der Waals surface area contributed by atoms with E-state index in [2.05, 4.69) is 17.6 Å². The van der Waals surface area contributed by atoms with Crippen LogP contribution in [0.3, 0.4) is 0 Å². The molecule has 1 aromatic carbocycles. The van der Waals surface area contributed by atoms with Crippen LogP contribution < -0.4 is 15.4 Å². The third kappa shape index (κ3) is 2.73. The fourth-order valence-electron chi connectivity index (χ4n) is 5.37. The van der Waals surface area contributed by atoms with Crippen LogP contribution >= 0.6 is 11.3 Å². The topological polar surface area (TPSA) is 67.4 Å². The summed E-state index contributed by atoms with van der Waals surface area (Å²) >= 11 is 1.66. The molecule has 6 rings (SSSR count). The first-order valence-corrected chi connectivity index (χ1v) is 10.8. The Balaban J connectivity index is 1.37. The zero-order valence-electron chi connectivity index (χ0n) is 15.9. The molecule has 0 saturated heterocycles. The van der Waals surface area contributed by atoms with Crippen molar-refractivity contribution in [2.24, 2.45) is 17.3 Å². The minimum absolute atomic E-state index is 0.0468. The standard InChI is InChI=1S/C22H24N2O3S/c1-21-9-8-14(11-17(21)20(26)23-12-15-5-4-10-28-15)22(13-21)24-19(25)16-6-2-3-7-18(16)27-22/h2-7,10,14,17H,8-9,11-13H2,1H3,(H,23,26)(H,24,25). The first-order chi connectivity index (χ1) is 13.5. The molecule has 3 aliphatic carbocycles. The number of carbonyl (C=O) groups excluding carboxylic acids is 2. The highest BCUT2D eigenvalue weighted by atomic mass is 32.1. The number of fused-ring (bicyclic) bond motifs is 3. The predicted molar refractivity (Wildman–Crippen MR) is 107 cm³/mol. The van der Waals surface area contributed by atoms with Crippen molar-refractivity contribution >= 4 is 23.2 Å². The number of thiophene rings is 1. The second kappa shape index (κ2) is 6.34. The molecule has 146 valence electrons. The fourth-order valence-corrected chi connectivity index (χ4v) is 6.01. The van der Waals surface area contributed by atoms with Gasteiger partial charge < -0.3 is 15.4 Å². The summed E-state index contributed by atoms with van der Waals surface area (Å²) in [6, 6.07) is 11.4. The monoisotopic (exact) mass is 396 g/mol. The van der Waals surface area contributed by atoms with Crippen LogP contribution in [-0.4, -0.2) is 17.5 Å². The third-order valence-electron chi connectivity index (χ3n) is 6.83. The third-order valence-corrected chi connectivity index (χ3v) is 7.71. The van der Waals surface area contributed by atoms with Crippen LogP contribution in [0.4, 0.5) is 0 Å². The van der Waals surface area contributed by atoms with Crippen molar-refractivity contribution in [1.29, 1.82) is 0 Å². The average molecular weight is 397 g/mol. The molecule has 2 aromatic rings. The van der Waals surface area contributed by atoms with E-state index < -0.39 is 5.72 Å². The van der Waals surface area contributed by atoms with Crippen LogP contribution in [0.2, 0.25) is 0 Å². The lowest BCUT2D eigenvalue weighted by Crippen LogP contribution is -2.69. The second-order valence-corrected chi connectivity index (χ2v) is 9.63. The van der Waals surface area contributed by atoms with Gasteiger partial charge in [0.05, 0.1) is 12.1 Å². The van der Waals surface area contributed by atoms with Gasteiger partial charge in [-0.3, -0.25) is 9.59 Å². The molecule has 3 saturated carbocycles. The van der Waals surface area contributed by atoms with E-state index in [0.29, 0.717) is 24.3 Å². The quantitative estimate of drug-likeness (QED) is 0.831. The van der Waals surface area contributed by atoms with Gasteiger partial charge in [0.2, 0.25) is 5.91 Å². The largest absolute Gasteiger partial charge is 0.467 e. The molecule has 4 atom stereocenters. The van der Waals surface area contributed by atoms with Gasteiger partial charge in [-0.05, 0) is 48.3 Å². The van der Waals surface area contributed by atoms with Crippen molar-refractivity contribution in [2.75, 3.05) is 0 Å². The van der Waals surface area contributed by atoms with E-state index in [1.165, 1.54) is 0 Å². The van der Waals surface area contributed by atoms with E-state index in [-0.39, 0.29) is 29.1 Å². The summed E-state index contributed by atoms with van der Waals surface area (Å²) in [7, 11) is 0. The van der Waals surface area contributed by atoms with Crippen molar-refractivity contribution in [1.82, 2.24) is 10.6 Å². The SMILES string of the molecule is CC12CCC(CC1C(=O)NCc1cccs1)C1(C2)NC(=O)c2ccccc2O1. The maximum absolute atomic E-state index is 13.0. The summed E-state index contributed by atoms with van der Waals surface area (Å²) in [6.45, 7) is 2.76. The van der Waals surface area contributed by atoms with Crippen LogP contribution in [0, 0.1) is 17.3 Å². The van der Waals surface area contributed by atoms with Gasteiger partial charge in [0.25, 0.3) is 5.91 Å². The van der Waals surface area contributed by atoms with E-state index >= 15 is 0 Å². The second-order valence-electron chi connectivity index (χ2n) is 8.59. The zero-order chi connectivity index (χ0) is 19.4. The van der Waals surface area contributed by atoms with Gasteiger partial charge in [0, 0.05) is 23.1 Å². The Morgan fingerprint density at radius 3 is 2.96 bits per heavy atom. The highest BCUT2D eigenvalue weighted by Gasteiger charge is 2.61. The molecule has 2 bridgehead atoms. The summed E-state index contributed by atoms with van der Waals surface area (Å²) in [5, 5.41) is 8.32. The highest BCUT2D eigenvalue weighted by molar-refractivity contribution is 7.09. The van der Waals surface area contributed by atoms with E-state index in [1.807, 2.05) is 35.7 Å². The van der Waals surface area contributed by atoms with Crippen molar-refractivity contribution in [2.45, 2.75) is 44.9 Å². The highest BCUT2D eigenvalue weighted by Crippen LogP contribution is 2.58. The molecule has 4 unspecified atom stereocenters. The van der Waals surface area contributed by atoms with Crippen LogP contribution in [0.25, 0.3) is 0 Å². The van der Waals surface area contributed by atoms with E-state index in [1.54, 1.807) is 17.4 Å². The molecule has 2 heterocycles. The number of hydrogen-bond donors (Lipinski definition) is 2. The van der Waals surface area contributed by atoms with E-state index in [4.69, 9.17) is 4.74 Å².